The smallest absolute Gasteiger partial charge is 0.346 e. The number of aliphatic carboxylic acids is 1. The van der Waals surface area contributed by atoms with Gasteiger partial charge in [0.05, 0.1) is 0 Å². The van der Waals surface area contributed by atoms with Gasteiger partial charge in [-0.15, -0.1) is 0 Å². The first-order valence-corrected chi connectivity index (χ1v) is 5.52. The summed E-state index contributed by atoms with van der Waals surface area (Å²) in [5.41, 5.74) is 0.793. The number of rotatable bonds is 5. The summed E-state index contributed by atoms with van der Waals surface area (Å²) in [5.74, 6) is -1.22. The van der Waals surface area contributed by atoms with E-state index >= 15 is 0 Å². The Morgan fingerprint density at radius 3 is 2.89 bits per heavy atom. The molecule has 0 bridgehead atoms. The Morgan fingerprint density at radius 1 is 1.50 bits per heavy atom. The van der Waals surface area contributed by atoms with Crippen LogP contribution in [-0.2, 0) is 11.3 Å². The molecule has 0 saturated heterocycles. The van der Waals surface area contributed by atoms with Gasteiger partial charge in [0.2, 0.25) is 0 Å². The van der Waals surface area contributed by atoms with E-state index < -0.39 is 5.97 Å². The summed E-state index contributed by atoms with van der Waals surface area (Å²) in [4.78, 5) is 10.5. The van der Waals surface area contributed by atoms with Gasteiger partial charge in [0.1, 0.15) is 11.6 Å². The van der Waals surface area contributed by atoms with E-state index in [-0.39, 0.29) is 5.57 Å². The predicted molar refractivity (Wildman–Crippen MR) is 69.6 cm³/mol. The van der Waals surface area contributed by atoms with E-state index in [0.29, 0.717) is 0 Å². The van der Waals surface area contributed by atoms with Gasteiger partial charge < -0.3 is 9.67 Å². The summed E-state index contributed by atoms with van der Waals surface area (Å²) in [7, 11) is 0. The van der Waals surface area contributed by atoms with E-state index in [4.69, 9.17) is 10.4 Å². The molecule has 0 atom stereocenters. The van der Waals surface area contributed by atoms with Crippen LogP contribution in [0.2, 0.25) is 0 Å². The number of aromatic nitrogens is 1. The standard InChI is InChI=1S/C14H14N2O2/c1-2-16-10-6-9-13(16)8-5-3-4-7-12(11-15)14(17)18/h3-10H,2H2,1H3,(H,17,18). The normalized spacial score (nSPS) is 12.1. The van der Waals surface area contributed by atoms with Crippen LogP contribution in [0.5, 0.6) is 0 Å². The lowest BCUT2D eigenvalue weighted by molar-refractivity contribution is -0.132. The minimum Gasteiger partial charge on any atom is -0.477 e. The monoisotopic (exact) mass is 242 g/mol. The van der Waals surface area contributed by atoms with Crippen LogP contribution in [-0.4, -0.2) is 15.6 Å². The van der Waals surface area contributed by atoms with Gasteiger partial charge in [0.25, 0.3) is 0 Å². The zero-order valence-electron chi connectivity index (χ0n) is 10.1. The summed E-state index contributed by atoms with van der Waals surface area (Å²) in [6.07, 6.45) is 10.2. The van der Waals surface area contributed by atoms with Crippen LogP contribution >= 0.6 is 0 Å². The lowest BCUT2D eigenvalue weighted by Gasteiger charge is -1.99. The van der Waals surface area contributed by atoms with Crippen LogP contribution in [0.25, 0.3) is 6.08 Å². The molecule has 1 rings (SSSR count). The van der Waals surface area contributed by atoms with Gasteiger partial charge in [-0.2, -0.15) is 5.26 Å². The molecule has 0 unspecified atom stereocenters. The quantitative estimate of drug-likeness (QED) is 0.490. The van der Waals surface area contributed by atoms with Gasteiger partial charge >= 0.3 is 5.97 Å². The summed E-state index contributed by atoms with van der Waals surface area (Å²) < 4.78 is 2.08. The molecule has 4 heteroatoms. The Balaban J connectivity index is 2.66. The summed E-state index contributed by atoms with van der Waals surface area (Å²) in [6, 6.07) is 5.56. The molecule has 0 aliphatic rings. The first kappa shape index (κ1) is 13.5. The SMILES string of the molecule is CCn1cccc1C=CC=CC=C(C#N)C(=O)O. The second-order valence-corrected chi connectivity index (χ2v) is 3.46. The number of carbonyl (C=O) groups is 1. The zero-order valence-corrected chi connectivity index (χ0v) is 10.1. The fraction of sp³-hybridized carbons (Fsp3) is 0.143. The van der Waals surface area contributed by atoms with Crippen molar-refractivity contribution in [3.8, 4) is 6.07 Å². The fourth-order valence-corrected chi connectivity index (χ4v) is 1.39. The van der Waals surface area contributed by atoms with E-state index in [1.165, 1.54) is 12.2 Å². The molecule has 0 aliphatic carbocycles. The number of hydrogen-bond donors (Lipinski definition) is 1. The van der Waals surface area contributed by atoms with Gasteiger partial charge in [0.15, 0.2) is 0 Å². The Labute approximate surface area is 106 Å². The first-order valence-electron chi connectivity index (χ1n) is 5.52. The number of hydrogen-bond acceptors (Lipinski definition) is 2. The van der Waals surface area contributed by atoms with Crippen molar-refractivity contribution in [2.24, 2.45) is 0 Å². The van der Waals surface area contributed by atoms with Crippen LogP contribution in [0.15, 0.2) is 48.2 Å². The predicted octanol–water partition coefficient (Wildman–Crippen LogP) is 2.61. The molecular formula is C14H14N2O2. The average molecular weight is 242 g/mol. The van der Waals surface area contributed by atoms with Crippen molar-refractivity contribution in [1.29, 1.82) is 5.26 Å². The second kappa shape index (κ2) is 6.92. The van der Waals surface area contributed by atoms with Crippen molar-refractivity contribution < 1.29 is 9.90 Å². The summed E-state index contributed by atoms with van der Waals surface area (Å²) in [6.45, 7) is 2.95. The van der Waals surface area contributed by atoms with E-state index in [9.17, 15) is 4.79 Å². The van der Waals surface area contributed by atoms with Gasteiger partial charge in [-0.3, -0.25) is 0 Å². The minimum atomic E-state index is -1.22. The highest BCUT2D eigenvalue weighted by Gasteiger charge is 2.02. The molecule has 1 N–H and O–H groups in total. The van der Waals surface area contributed by atoms with E-state index in [0.717, 1.165) is 12.2 Å². The maximum Gasteiger partial charge on any atom is 0.346 e. The third-order valence-electron chi connectivity index (χ3n) is 2.31. The Hall–Kier alpha value is -2.54. The summed E-state index contributed by atoms with van der Waals surface area (Å²) in [5, 5.41) is 17.1. The van der Waals surface area contributed by atoms with Gasteiger partial charge in [-0.25, -0.2) is 4.79 Å². The van der Waals surface area contributed by atoms with Crippen LogP contribution < -0.4 is 0 Å². The third kappa shape index (κ3) is 3.80. The van der Waals surface area contributed by atoms with Crippen molar-refractivity contribution in [1.82, 2.24) is 4.57 Å². The second-order valence-electron chi connectivity index (χ2n) is 3.46. The molecule has 1 heterocycles. The van der Waals surface area contributed by atoms with Gasteiger partial charge in [0, 0.05) is 18.4 Å². The van der Waals surface area contributed by atoms with Crippen molar-refractivity contribution in [2.45, 2.75) is 13.5 Å². The molecule has 1 aromatic rings. The van der Waals surface area contributed by atoms with E-state index in [2.05, 4.69) is 11.5 Å². The maximum atomic E-state index is 10.5. The number of nitriles is 1. The van der Waals surface area contributed by atoms with Crippen LogP contribution in [0.1, 0.15) is 12.6 Å². The highest BCUT2D eigenvalue weighted by molar-refractivity contribution is 5.91. The molecule has 0 spiro atoms. The minimum absolute atomic E-state index is 0.281. The molecule has 92 valence electrons. The molecule has 18 heavy (non-hydrogen) atoms. The highest BCUT2D eigenvalue weighted by Crippen LogP contribution is 2.04. The van der Waals surface area contributed by atoms with Crippen molar-refractivity contribution in [3.05, 3.63) is 53.9 Å². The average Bonchev–Trinajstić information content (AvgIpc) is 2.80. The Morgan fingerprint density at radius 2 is 2.28 bits per heavy atom. The Bertz CT molecular complexity index is 542. The number of allylic oxidation sites excluding steroid dienone is 4. The van der Waals surface area contributed by atoms with E-state index in [1.54, 1.807) is 18.2 Å². The number of aryl methyl sites for hydroxylation is 1. The topological polar surface area (TPSA) is 66.0 Å². The number of carboxylic acids is 1. The molecule has 0 aromatic carbocycles. The molecular weight excluding hydrogens is 228 g/mol. The largest absolute Gasteiger partial charge is 0.477 e. The maximum absolute atomic E-state index is 10.5. The third-order valence-corrected chi connectivity index (χ3v) is 2.31. The molecule has 0 radical (unpaired) electrons. The van der Waals surface area contributed by atoms with Crippen LogP contribution in [0.4, 0.5) is 0 Å². The molecule has 4 nitrogen and oxygen atoms in total. The fourth-order valence-electron chi connectivity index (χ4n) is 1.39. The Kier molecular flexibility index (Phi) is 5.20. The van der Waals surface area contributed by atoms with Crippen molar-refractivity contribution >= 4 is 12.0 Å². The lowest BCUT2D eigenvalue weighted by atomic mass is 10.2. The number of nitrogens with zero attached hydrogens (tertiary/aromatic N) is 2. The molecule has 0 fully saturated rings. The molecule has 0 saturated carbocycles. The van der Waals surface area contributed by atoms with Crippen molar-refractivity contribution in [2.75, 3.05) is 0 Å². The van der Waals surface area contributed by atoms with E-state index in [1.807, 2.05) is 24.4 Å². The summed E-state index contributed by atoms with van der Waals surface area (Å²) >= 11 is 0. The molecule has 0 amide bonds. The first-order chi connectivity index (χ1) is 8.69. The van der Waals surface area contributed by atoms with Crippen LogP contribution in [0.3, 0.4) is 0 Å². The van der Waals surface area contributed by atoms with Crippen molar-refractivity contribution in [3.63, 3.8) is 0 Å². The van der Waals surface area contributed by atoms with Gasteiger partial charge in [-0.1, -0.05) is 18.2 Å². The van der Waals surface area contributed by atoms with Gasteiger partial charge in [-0.05, 0) is 31.2 Å². The molecule has 1 aromatic heterocycles. The lowest BCUT2D eigenvalue weighted by Crippen LogP contribution is -1.96. The highest BCUT2D eigenvalue weighted by atomic mass is 16.4. The number of carboxylic acid groups (broad SMARTS) is 1. The molecule has 0 aliphatic heterocycles. The van der Waals surface area contributed by atoms with Crippen LogP contribution in [0, 0.1) is 11.3 Å². The zero-order chi connectivity index (χ0) is 13.4.